The second kappa shape index (κ2) is 8.62. The molecule has 0 aliphatic rings. The van der Waals surface area contributed by atoms with Gasteiger partial charge in [0.15, 0.2) is 0 Å². The molecule has 0 saturated heterocycles. The molecule has 1 aromatic heterocycles. The normalized spacial score (nSPS) is 13.2. The van der Waals surface area contributed by atoms with Crippen LogP contribution in [0, 0.1) is 0 Å². The summed E-state index contributed by atoms with van der Waals surface area (Å²) in [7, 11) is -1.01. The Labute approximate surface area is 168 Å². The molecule has 0 spiro atoms. The van der Waals surface area contributed by atoms with Crippen LogP contribution in [0.5, 0.6) is 0 Å². The maximum atomic E-state index is 12.3. The minimum absolute atomic E-state index is 0.184. The molecule has 0 saturated carbocycles. The number of aldehydes is 1. The van der Waals surface area contributed by atoms with Crippen LogP contribution in [0.1, 0.15) is 25.5 Å². The number of benzene rings is 2. The number of thiazole rings is 1. The molecule has 0 radical (unpaired) electrons. The number of amides is 1. The Hall–Kier alpha value is -2.58. The lowest BCUT2D eigenvalue weighted by Crippen LogP contribution is -2.18. The maximum absolute atomic E-state index is 12.3. The number of anilines is 1. The number of hydrogen-bond donors (Lipinski definition) is 1. The molecule has 8 heteroatoms. The Morgan fingerprint density at radius 3 is 2.61 bits per heavy atom. The SMILES string of the molecule is CCS(=O)c1ccc(CC(=O)Nc2ccc3c(c2)sc(=O)n3C(C)C=O)cc1. The van der Waals surface area contributed by atoms with Crippen molar-refractivity contribution in [2.24, 2.45) is 0 Å². The van der Waals surface area contributed by atoms with Crippen molar-refractivity contribution in [1.82, 2.24) is 4.57 Å². The van der Waals surface area contributed by atoms with E-state index in [4.69, 9.17) is 0 Å². The van der Waals surface area contributed by atoms with Crippen molar-refractivity contribution < 1.29 is 13.8 Å². The molecular weight excluding hydrogens is 396 g/mol. The van der Waals surface area contributed by atoms with Crippen LogP contribution in [-0.2, 0) is 26.8 Å². The summed E-state index contributed by atoms with van der Waals surface area (Å²) in [6.45, 7) is 3.52. The lowest BCUT2D eigenvalue weighted by molar-refractivity contribution is -0.115. The van der Waals surface area contributed by atoms with Crippen molar-refractivity contribution in [3.8, 4) is 0 Å². The van der Waals surface area contributed by atoms with E-state index >= 15 is 0 Å². The molecule has 28 heavy (non-hydrogen) atoms. The van der Waals surface area contributed by atoms with Gasteiger partial charge in [-0.1, -0.05) is 30.4 Å². The highest BCUT2D eigenvalue weighted by Crippen LogP contribution is 2.24. The first-order chi connectivity index (χ1) is 13.4. The predicted octanol–water partition coefficient (Wildman–Crippen LogP) is 3.13. The average molecular weight is 417 g/mol. The molecule has 1 N–H and O–H groups in total. The van der Waals surface area contributed by atoms with E-state index in [1.807, 2.05) is 6.92 Å². The van der Waals surface area contributed by atoms with E-state index in [2.05, 4.69) is 5.32 Å². The van der Waals surface area contributed by atoms with Crippen LogP contribution in [0.4, 0.5) is 5.69 Å². The summed E-state index contributed by atoms with van der Waals surface area (Å²) in [5, 5.41) is 2.83. The summed E-state index contributed by atoms with van der Waals surface area (Å²) in [4.78, 5) is 36.0. The molecular formula is C20H20N2O4S2. The summed E-state index contributed by atoms with van der Waals surface area (Å²) in [5.74, 6) is 0.374. The molecule has 146 valence electrons. The Bertz CT molecular complexity index is 1100. The van der Waals surface area contributed by atoms with Gasteiger partial charge in [0.2, 0.25) is 5.91 Å². The van der Waals surface area contributed by atoms with E-state index in [-0.39, 0.29) is 17.2 Å². The van der Waals surface area contributed by atoms with E-state index < -0.39 is 16.8 Å². The van der Waals surface area contributed by atoms with Crippen molar-refractivity contribution in [2.45, 2.75) is 31.2 Å². The van der Waals surface area contributed by atoms with Crippen molar-refractivity contribution in [3.63, 3.8) is 0 Å². The van der Waals surface area contributed by atoms with Crippen molar-refractivity contribution >= 4 is 50.2 Å². The van der Waals surface area contributed by atoms with Crippen LogP contribution in [0.15, 0.2) is 52.2 Å². The standard InChI is InChI=1S/C20H20N2O4S2/c1-3-28(26)16-7-4-14(5-8-16)10-19(24)21-15-6-9-17-18(11-15)27-20(25)22(17)13(2)12-23/h4-9,11-13H,3,10H2,1-2H3,(H,21,24). The Balaban J connectivity index is 1.73. The zero-order chi connectivity index (χ0) is 20.3. The third-order valence-corrected chi connectivity index (χ3v) is 6.55. The minimum Gasteiger partial charge on any atom is -0.326 e. The van der Waals surface area contributed by atoms with E-state index in [1.54, 1.807) is 49.4 Å². The molecule has 0 aliphatic heterocycles. The Kier molecular flexibility index (Phi) is 6.21. The van der Waals surface area contributed by atoms with Crippen LogP contribution < -0.4 is 10.2 Å². The molecule has 0 fully saturated rings. The number of rotatable bonds is 7. The number of nitrogens with zero attached hydrogens (tertiary/aromatic N) is 1. The van der Waals surface area contributed by atoms with Gasteiger partial charge in [0.1, 0.15) is 6.29 Å². The molecule has 0 bridgehead atoms. The molecule has 6 nitrogen and oxygen atoms in total. The first kappa shape index (κ1) is 20.2. The first-order valence-electron chi connectivity index (χ1n) is 8.80. The Morgan fingerprint density at radius 2 is 1.96 bits per heavy atom. The van der Waals surface area contributed by atoms with Gasteiger partial charge >= 0.3 is 4.87 Å². The Morgan fingerprint density at radius 1 is 1.25 bits per heavy atom. The minimum atomic E-state index is -1.01. The number of hydrogen-bond acceptors (Lipinski definition) is 5. The smallest absolute Gasteiger partial charge is 0.308 e. The third kappa shape index (κ3) is 4.28. The van der Waals surface area contributed by atoms with Gasteiger partial charge in [-0.15, -0.1) is 0 Å². The van der Waals surface area contributed by atoms with E-state index in [0.717, 1.165) is 28.1 Å². The van der Waals surface area contributed by atoms with Gasteiger partial charge in [-0.3, -0.25) is 18.4 Å². The topological polar surface area (TPSA) is 85.2 Å². The van der Waals surface area contributed by atoms with E-state index in [0.29, 0.717) is 21.7 Å². The fourth-order valence-corrected chi connectivity index (χ4v) is 4.66. The lowest BCUT2D eigenvalue weighted by atomic mass is 10.1. The summed E-state index contributed by atoms with van der Waals surface area (Å²) >= 11 is 1.04. The van der Waals surface area contributed by atoms with Gasteiger partial charge in [-0.05, 0) is 42.8 Å². The van der Waals surface area contributed by atoms with Gasteiger partial charge in [-0.25, -0.2) is 0 Å². The third-order valence-electron chi connectivity index (χ3n) is 4.31. The van der Waals surface area contributed by atoms with Gasteiger partial charge in [0.25, 0.3) is 0 Å². The highest BCUT2D eigenvalue weighted by atomic mass is 32.2. The molecule has 1 heterocycles. The number of nitrogens with one attached hydrogen (secondary N) is 1. The number of aromatic nitrogens is 1. The van der Waals surface area contributed by atoms with Crippen LogP contribution in [0.3, 0.4) is 0 Å². The molecule has 2 unspecified atom stereocenters. The maximum Gasteiger partial charge on any atom is 0.308 e. The second-order valence-electron chi connectivity index (χ2n) is 6.30. The highest BCUT2D eigenvalue weighted by Gasteiger charge is 2.14. The van der Waals surface area contributed by atoms with Crippen LogP contribution in [0.25, 0.3) is 10.2 Å². The lowest BCUT2D eigenvalue weighted by Gasteiger charge is -2.08. The monoisotopic (exact) mass is 416 g/mol. The number of fused-ring (bicyclic) bond motifs is 1. The zero-order valence-electron chi connectivity index (χ0n) is 15.5. The number of carbonyl (C=O) groups excluding carboxylic acids is 2. The van der Waals surface area contributed by atoms with Crippen LogP contribution in [-0.4, -0.2) is 26.7 Å². The van der Waals surface area contributed by atoms with Gasteiger partial charge < -0.3 is 10.1 Å². The average Bonchev–Trinajstić information content (AvgIpc) is 3.02. The zero-order valence-corrected chi connectivity index (χ0v) is 17.1. The highest BCUT2D eigenvalue weighted by molar-refractivity contribution is 7.85. The second-order valence-corrected chi connectivity index (χ2v) is 9.03. The molecule has 3 rings (SSSR count). The summed E-state index contributed by atoms with van der Waals surface area (Å²) in [6, 6.07) is 11.8. The van der Waals surface area contributed by atoms with Crippen molar-refractivity contribution in [3.05, 3.63) is 57.7 Å². The molecule has 1 amide bonds. The summed E-state index contributed by atoms with van der Waals surface area (Å²) < 4.78 is 13.9. The summed E-state index contributed by atoms with van der Waals surface area (Å²) in [5.41, 5.74) is 2.09. The van der Waals surface area contributed by atoms with Crippen molar-refractivity contribution in [1.29, 1.82) is 0 Å². The quantitative estimate of drug-likeness (QED) is 0.600. The van der Waals surface area contributed by atoms with Crippen LogP contribution in [0.2, 0.25) is 0 Å². The fraction of sp³-hybridized carbons (Fsp3) is 0.250. The fourth-order valence-electron chi connectivity index (χ4n) is 2.88. The van der Waals surface area contributed by atoms with Gasteiger partial charge in [0, 0.05) is 16.3 Å². The molecule has 3 aromatic rings. The number of carbonyl (C=O) groups is 2. The predicted molar refractivity (Wildman–Crippen MR) is 113 cm³/mol. The molecule has 0 aliphatic carbocycles. The van der Waals surface area contributed by atoms with Crippen LogP contribution >= 0.6 is 11.3 Å². The molecule has 2 atom stereocenters. The molecule has 2 aromatic carbocycles. The van der Waals surface area contributed by atoms with E-state index in [9.17, 15) is 18.6 Å². The van der Waals surface area contributed by atoms with Crippen molar-refractivity contribution in [2.75, 3.05) is 11.1 Å². The van der Waals surface area contributed by atoms with E-state index in [1.165, 1.54) is 4.57 Å². The first-order valence-corrected chi connectivity index (χ1v) is 10.9. The largest absolute Gasteiger partial charge is 0.326 e. The summed E-state index contributed by atoms with van der Waals surface area (Å²) in [6.07, 6.45) is 0.918. The van der Waals surface area contributed by atoms with Gasteiger partial charge in [0.05, 0.1) is 33.5 Å². The van der Waals surface area contributed by atoms with Gasteiger partial charge in [-0.2, -0.15) is 0 Å².